The van der Waals surface area contributed by atoms with E-state index in [-0.39, 0.29) is 5.91 Å². The summed E-state index contributed by atoms with van der Waals surface area (Å²) in [5.74, 6) is 1.92. The lowest BCUT2D eigenvalue weighted by Gasteiger charge is -2.14. The number of thioether (sulfide) groups is 1. The molecule has 0 bridgehead atoms. The van der Waals surface area contributed by atoms with Gasteiger partial charge in [0.2, 0.25) is 0 Å². The summed E-state index contributed by atoms with van der Waals surface area (Å²) >= 11 is 6.75. The van der Waals surface area contributed by atoms with E-state index < -0.39 is 0 Å². The molecule has 1 aliphatic rings. The molecule has 1 saturated heterocycles. The summed E-state index contributed by atoms with van der Waals surface area (Å²) in [5, 5.41) is 0. The molecular formula is C29H29NO5S2. The van der Waals surface area contributed by atoms with Gasteiger partial charge in [-0.3, -0.25) is 9.69 Å². The lowest BCUT2D eigenvalue weighted by molar-refractivity contribution is -0.113. The Balaban J connectivity index is 1.30. The monoisotopic (exact) mass is 535 g/mol. The van der Waals surface area contributed by atoms with Gasteiger partial charge in [0, 0.05) is 0 Å². The molecule has 3 aromatic carbocycles. The molecule has 192 valence electrons. The van der Waals surface area contributed by atoms with E-state index in [2.05, 4.69) is 0 Å². The van der Waals surface area contributed by atoms with E-state index in [0.29, 0.717) is 53.8 Å². The minimum absolute atomic E-state index is 0.136. The van der Waals surface area contributed by atoms with Crippen molar-refractivity contribution in [3.8, 4) is 17.2 Å². The molecule has 3 aromatic rings. The summed E-state index contributed by atoms with van der Waals surface area (Å²) in [6.07, 6.45) is 1.83. The summed E-state index contributed by atoms with van der Waals surface area (Å²) in [6.45, 7) is 6.18. The molecule has 0 unspecified atom stereocenters. The lowest BCUT2D eigenvalue weighted by Crippen LogP contribution is -2.27. The maximum atomic E-state index is 13.0. The first-order valence-corrected chi connectivity index (χ1v) is 13.3. The average molecular weight is 536 g/mol. The summed E-state index contributed by atoms with van der Waals surface area (Å²) in [4.78, 5) is 15.1. The molecule has 0 spiro atoms. The minimum atomic E-state index is -0.136. The number of hydrogen-bond donors (Lipinski definition) is 0. The van der Waals surface area contributed by atoms with Crippen molar-refractivity contribution in [1.82, 2.24) is 0 Å². The van der Waals surface area contributed by atoms with Gasteiger partial charge in [0.25, 0.3) is 5.91 Å². The molecular weight excluding hydrogens is 506 g/mol. The standard InChI is InChI=1S/C29H29NO5S2/c1-3-33-26-19-22(20-27-28(31)30(29(36)37-27)23-7-5-4-6-8-23)11-14-25(26)35-18-16-32-15-17-34-24-12-9-21(2)10-13-24/h4-14,19-20H,3,15-18H2,1-2H3/b27-20-. The van der Waals surface area contributed by atoms with Crippen molar-refractivity contribution in [2.75, 3.05) is 37.9 Å². The van der Waals surface area contributed by atoms with Crippen LogP contribution in [0.25, 0.3) is 6.08 Å². The zero-order valence-electron chi connectivity index (χ0n) is 20.8. The summed E-state index contributed by atoms with van der Waals surface area (Å²) in [6, 6.07) is 22.9. The van der Waals surface area contributed by atoms with E-state index in [4.69, 9.17) is 31.2 Å². The van der Waals surface area contributed by atoms with Gasteiger partial charge in [-0.25, -0.2) is 0 Å². The molecule has 1 heterocycles. The molecule has 37 heavy (non-hydrogen) atoms. The van der Waals surface area contributed by atoms with Crippen LogP contribution in [0.15, 0.2) is 77.7 Å². The number of hydrogen-bond acceptors (Lipinski definition) is 7. The molecule has 0 saturated carbocycles. The van der Waals surface area contributed by atoms with Gasteiger partial charge in [0.15, 0.2) is 15.8 Å². The third-order valence-electron chi connectivity index (χ3n) is 5.38. The highest BCUT2D eigenvalue weighted by atomic mass is 32.2. The number of para-hydroxylation sites is 1. The van der Waals surface area contributed by atoms with Gasteiger partial charge >= 0.3 is 0 Å². The summed E-state index contributed by atoms with van der Waals surface area (Å²) in [5.41, 5.74) is 2.78. The molecule has 4 rings (SSSR count). The Labute approximate surface area is 227 Å². The van der Waals surface area contributed by atoms with Crippen LogP contribution >= 0.6 is 24.0 Å². The molecule has 0 aromatic heterocycles. The summed E-state index contributed by atoms with van der Waals surface area (Å²) < 4.78 is 23.5. The van der Waals surface area contributed by atoms with Gasteiger partial charge in [-0.05, 0) is 61.9 Å². The van der Waals surface area contributed by atoms with Crippen LogP contribution in [0.1, 0.15) is 18.1 Å². The van der Waals surface area contributed by atoms with Crippen molar-refractivity contribution in [2.24, 2.45) is 0 Å². The van der Waals surface area contributed by atoms with Crippen LogP contribution < -0.4 is 19.1 Å². The molecule has 6 nitrogen and oxygen atoms in total. The van der Waals surface area contributed by atoms with E-state index in [1.165, 1.54) is 17.3 Å². The van der Waals surface area contributed by atoms with Crippen molar-refractivity contribution in [1.29, 1.82) is 0 Å². The molecule has 1 amide bonds. The highest BCUT2D eigenvalue weighted by Gasteiger charge is 2.33. The van der Waals surface area contributed by atoms with Gasteiger partial charge in [-0.15, -0.1) is 0 Å². The second-order valence-corrected chi connectivity index (χ2v) is 9.79. The first kappa shape index (κ1) is 26.7. The van der Waals surface area contributed by atoms with Crippen molar-refractivity contribution >= 4 is 46.0 Å². The Morgan fingerprint density at radius 1 is 0.865 bits per heavy atom. The minimum Gasteiger partial charge on any atom is -0.491 e. The topological polar surface area (TPSA) is 57.2 Å². The van der Waals surface area contributed by atoms with Crippen molar-refractivity contribution < 1.29 is 23.7 Å². The fourth-order valence-electron chi connectivity index (χ4n) is 3.59. The SMILES string of the molecule is CCOc1cc(/C=C2\SC(=S)N(c3ccccc3)C2=O)ccc1OCCOCCOc1ccc(C)cc1. The van der Waals surface area contributed by atoms with Crippen LogP contribution in [-0.2, 0) is 9.53 Å². The fourth-order valence-corrected chi connectivity index (χ4v) is 4.89. The number of ether oxygens (including phenoxy) is 4. The number of aryl methyl sites for hydroxylation is 1. The molecule has 0 N–H and O–H groups in total. The molecule has 0 atom stereocenters. The third kappa shape index (κ3) is 7.35. The highest BCUT2D eigenvalue weighted by molar-refractivity contribution is 8.27. The van der Waals surface area contributed by atoms with Gasteiger partial charge in [-0.2, -0.15) is 0 Å². The average Bonchev–Trinajstić information content (AvgIpc) is 3.18. The zero-order valence-corrected chi connectivity index (χ0v) is 22.5. The van der Waals surface area contributed by atoms with Gasteiger partial charge < -0.3 is 18.9 Å². The quantitative estimate of drug-likeness (QED) is 0.154. The van der Waals surface area contributed by atoms with E-state index in [0.717, 1.165) is 17.0 Å². The second-order valence-electron chi connectivity index (χ2n) is 8.11. The van der Waals surface area contributed by atoms with Gasteiger partial charge in [0.05, 0.1) is 30.4 Å². The number of thiocarbonyl (C=S) groups is 1. The highest BCUT2D eigenvalue weighted by Crippen LogP contribution is 2.37. The van der Waals surface area contributed by atoms with Crippen molar-refractivity contribution in [3.63, 3.8) is 0 Å². The van der Waals surface area contributed by atoms with Crippen molar-refractivity contribution in [2.45, 2.75) is 13.8 Å². The predicted molar refractivity (Wildman–Crippen MR) is 153 cm³/mol. The number of rotatable bonds is 12. The second kappa shape index (κ2) is 13.3. The van der Waals surface area contributed by atoms with E-state index >= 15 is 0 Å². The van der Waals surface area contributed by atoms with Crippen LogP contribution in [-0.4, -0.2) is 43.3 Å². The normalized spacial score (nSPS) is 14.3. The first-order valence-electron chi connectivity index (χ1n) is 12.0. The maximum Gasteiger partial charge on any atom is 0.270 e. The largest absolute Gasteiger partial charge is 0.491 e. The molecule has 0 radical (unpaired) electrons. The van der Waals surface area contributed by atoms with Crippen LogP contribution in [0.2, 0.25) is 0 Å². The van der Waals surface area contributed by atoms with Crippen LogP contribution in [0.4, 0.5) is 5.69 Å². The number of nitrogens with zero attached hydrogens (tertiary/aromatic N) is 1. The predicted octanol–water partition coefficient (Wildman–Crippen LogP) is 6.27. The van der Waals surface area contributed by atoms with Crippen LogP contribution in [0, 0.1) is 6.92 Å². The zero-order chi connectivity index (χ0) is 26.0. The smallest absolute Gasteiger partial charge is 0.270 e. The van der Waals surface area contributed by atoms with Crippen LogP contribution in [0.5, 0.6) is 17.2 Å². The third-order valence-corrected chi connectivity index (χ3v) is 6.68. The Morgan fingerprint density at radius 2 is 1.59 bits per heavy atom. The Bertz CT molecular complexity index is 1240. The van der Waals surface area contributed by atoms with Crippen LogP contribution in [0.3, 0.4) is 0 Å². The number of carbonyl (C=O) groups excluding carboxylic acids is 1. The van der Waals surface area contributed by atoms with E-state index in [1.54, 1.807) is 4.90 Å². The van der Waals surface area contributed by atoms with E-state index in [1.807, 2.05) is 92.7 Å². The number of amides is 1. The van der Waals surface area contributed by atoms with Crippen molar-refractivity contribution in [3.05, 3.63) is 88.8 Å². The number of benzene rings is 3. The van der Waals surface area contributed by atoms with Gasteiger partial charge in [-0.1, -0.05) is 65.9 Å². The van der Waals surface area contributed by atoms with Gasteiger partial charge in [0.1, 0.15) is 19.0 Å². The van der Waals surface area contributed by atoms with E-state index in [9.17, 15) is 4.79 Å². The summed E-state index contributed by atoms with van der Waals surface area (Å²) in [7, 11) is 0. The molecule has 1 aliphatic heterocycles. The number of carbonyl (C=O) groups is 1. The maximum absolute atomic E-state index is 13.0. The molecule has 8 heteroatoms. The molecule has 1 fully saturated rings. The first-order chi connectivity index (χ1) is 18.0. The number of anilines is 1. The fraction of sp³-hybridized carbons (Fsp3) is 0.241. The molecule has 0 aliphatic carbocycles. The Kier molecular flexibility index (Phi) is 9.59. The Morgan fingerprint density at radius 3 is 2.32 bits per heavy atom. The lowest BCUT2D eigenvalue weighted by atomic mass is 10.1. The Hall–Kier alpha value is -3.33.